The fourth-order valence-corrected chi connectivity index (χ4v) is 4.88. The van der Waals surface area contributed by atoms with Gasteiger partial charge in [-0.25, -0.2) is 4.79 Å². The highest BCUT2D eigenvalue weighted by Gasteiger charge is 2.46. The van der Waals surface area contributed by atoms with Gasteiger partial charge in [-0.2, -0.15) is 0 Å². The Bertz CT molecular complexity index is 867. The number of nitrogens with zero attached hydrogens (tertiary/aromatic N) is 2. The quantitative estimate of drug-likeness (QED) is 0.425. The van der Waals surface area contributed by atoms with Crippen LogP contribution in [0.5, 0.6) is 0 Å². The van der Waals surface area contributed by atoms with E-state index in [1.807, 2.05) is 76.8 Å². The number of hydrogen-bond donors (Lipinski definition) is 0. The molecule has 202 valence electrons. The van der Waals surface area contributed by atoms with E-state index in [0.29, 0.717) is 32.1 Å². The molecule has 2 rings (SSSR count). The number of carboxylic acids is 1. The van der Waals surface area contributed by atoms with Gasteiger partial charge in [-0.15, -0.1) is 0 Å². The molecule has 1 aliphatic rings. The lowest BCUT2D eigenvalue weighted by molar-refractivity contribution is -0.312. The molecular weight excluding hydrogens is 460 g/mol. The Balaban J connectivity index is 2.42. The van der Waals surface area contributed by atoms with Gasteiger partial charge >= 0.3 is 12.1 Å². The molecule has 0 radical (unpaired) electrons. The van der Waals surface area contributed by atoms with E-state index in [2.05, 4.69) is 0 Å². The predicted octanol–water partition coefficient (Wildman–Crippen LogP) is 3.62. The van der Waals surface area contributed by atoms with Crippen molar-refractivity contribution in [3.63, 3.8) is 0 Å². The van der Waals surface area contributed by atoms with Crippen LogP contribution in [0, 0.1) is 11.8 Å². The number of esters is 1. The summed E-state index contributed by atoms with van der Waals surface area (Å²) >= 11 is 0. The predicted molar refractivity (Wildman–Crippen MR) is 136 cm³/mol. The SMILES string of the molecule is COC(=O)[C@H](C)CCC[C@H]1[C@H](Cc2ccccc2)N(C(=O)OC(C)(C)C)CN1[C@@H](CC(C)C)C(=O)[O-]. The molecular formula is C28H43N2O6-. The van der Waals surface area contributed by atoms with E-state index in [1.165, 1.54) is 7.11 Å². The summed E-state index contributed by atoms with van der Waals surface area (Å²) in [6.45, 7) is 11.4. The number of carbonyl (C=O) groups is 3. The Hall–Kier alpha value is -2.61. The van der Waals surface area contributed by atoms with Gasteiger partial charge in [0.15, 0.2) is 0 Å². The number of hydrogen-bond acceptors (Lipinski definition) is 7. The molecule has 1 aromatic carbocycles. The minimum atomic E-state index is -1.14. The van der Waals surface area contributed by atoms with Crippen LogP contribution >= 0.6 is 0 Å². The molecule has 4 atom stereocenters. The molecule has 0 unspecified atom stereocenters. The number of aliphatic carboxylic acids is 1. The van der Waals surface area contributed by atoms with Crippen LogP contribution in [-0.2, 0) is 25.5 Å². The Morgan fingerprint density at radius 2 is 1.72 bits per heavy atom. The first-order chi connectivity index (χ1) is 16.8. The number of benzene rings is 1. The van der Waals surface area contributed by atoms with E-state index < -0.39 is 23.7 Å². The Morgan fingerprint density at radius 3 is 2.25 bits per heavy atom. The van der Waals surface area contributed by atoms with Crippen molar-refractivity contribution >= 4 is 18.0 Å². The van der Waals surface area contributed by atoms with Crippen LogP contribution < -0.4 is 5.11 Å². The average molecular weight is 504 g/mol. The zero-order chi connectivity index (χ0) is 27.0. The van der Waals surface area contributed by atoms with Crippen molar-refractivity contribution in [3.05, 3.63) is 35.9 Å². The lowest BCUT2D eigenvalue weighted by atomic mass is 9.92. The second kappa shape index (κ2) is 13.1. The smallest absolute Gasteiger partial charge is 0.411 e. The molecule has 1 saturated heterocycles. The van der Waals surface area contributed by atoms with Gasteiger partial charge < -0.3 is 19.4 Å². The van der Waals surface area contributed by atoms with E-state index in [1.54, 1.807) is 4.90 Å². The van der Waals surface area contributed by atoms with E-state index in [9.17, 15) is 19.5 Å². The third-order valence-corrected chi connectivity index (χ3v) is 6.61. The molecule has 0 N–H and O–H groups in total. The number of ether oxygens (including phenoxy) is 2. The maximum Gasteiger partial charge on any atom is 0.411 e. The molecule has 8 heteroatoms. The largest absolute Gasteiger partial charge is 0.548 e. The second-order valence-electron chi connectivity index (χ2n) is 11.2. The molecule has 0 saturated carbocycles. The van der Waals surface area contributed by atoms with Gasteiger partial charge in [-0.05, 0) is 57.9 Å². The Labute approximate surface area is 215 Å². The molecule has 36 heavy (non-hydrogen) atoms. The minimum Gasteiger partial charge on any atom is -0.548 e. The summed E-state index contributed by atoms with van der Waals surface area (Å²) in [7, 11) is 1.38. The fraction of sp³-hybridized carbons (Fsp3) is 0.679. The number of methoxy groups -OCH3 is 1. The molecule has 8 nitrogen and oxygen atoms in total. The third kappa shape index (κ3) is 8.50. The Kier molecular flexibility index (Phi) is 10.8. The van der Waals surface area contributed by atoms with E-state index in [-0.39, 0.29) is 36.6 Å². The topological polar surface area (TPSA) is 99.2 Å². The molecule has 1 aromatic rings. The van der Waals surface area contributed by atoms with E-state index in [4.69, 9.17) is 9.47 Å². The van der Waals surface area contributed by atoms with Gasteiger partial charge in [0.25, 0.3) is 0 Å². The van der Waals surface area contributed by atoms with Crippen LogP contribution in [0.2, 0.25) is 0 Å². The standard InChI is InChI=1S/C28H44N2O6/c1-19(2)16-24(25(31)32)29-18-30(27(34)36-28(4,5)6)23(17-21-13-9-8-10-14-21)22(29)15-11-12-20(3)26(33)35-7/h8-10,13-14,19-20,22-24H,11-12,15-18H2,1-7H3,(H,31,32)/p-1/t20-,22+,23+,24+/m1/s1. The van der Waals surface area contributed by atoms with E-state index in [0.717, 1.165) is 5.56 Å². The highest BCUT2D eigenvalue weighted by molar-refractivity contribution is 5.73. The molecule has 0 aromatic heterocycles. The van der Waals surface area contributed by atoms with Crippen LogP contribution in [0.3, 0.4) is 0 Å². The molecule has 1 heterocycles. The van der Waals surface area contributed by atoms with Crippen molar-refractivity contribution in [2.45, 2.75) is 97.4 Å². The molecule has 1 amide bonds. The normalized spacial score (nSPS) is 20.3. The average Bonchev–Trinajstić information content (AvgIpc) is 3.14. The maximum absolute atomic E-state index is 13.3. The van der Waals surface area contributed by atoms with E-state index >= 15 is 0 Å². The monoisotopic (exact) mass is 503 g/mol. The zero-order valence-electron chi connectivity index (χ0n) is 22.9. The van der Waals surface area contributed by atoms with Gasteiger partial charge in [-0.3, -0.25) is 14.6 Å². The summed E-state index contributed by atoms with van der Waals surface area (Å²) in [5.74, 6) is -1.52. The van der Waals surface area contributed by atoms with Crippen molar-refractivity contribution in [1.82, 2.24) is 9.80 Å². The van der Waals surface area contributed by atoms with Crippen LogP contribution in [-0.4, -0.2) is 65.3 Å². The number of amides is 1. The Morgan fingerprint density at radius 1 is 1.08 bits per heavy atom. The number of carboxylic acid groups (broad SMARTS) is 1. The fourth-order valence-electron chi connectivity index (χ4n) is 4.88. The van der Waals surface area contributed by atoms with Crippen molar-refractivity contribution in [2.24, 2.45) is 11.8 Å². The summed E-state index contributed by atoms with van der Waals surface area (Å²) in [5.41, 5.74) is 0.374. The highest BCUT2D eigenvalue weighted by Crippen LogP contribution is 2.33. The summed E-state index contributed by atoms with van der Waals surface area (Å²) in [4.78, 5) is 41.1. The lowest BCUT2D eigenvalue weighted by Gasteiger charge is -2.35. The van der Waals surface area contributed by atoms with Crippen LogP contribution in [0.4, 0.5) is 4.79 Å². The molecule has 0 spiro atoms. The number of rotatable bonds is 11. The lowest BCUT2D eigenvalue weighted by Crippen LogP contribution is -2.52. The first-order valence-corrected chi connectivity index (χ1v) is 12.9. The summed E-state index contributed by atoms with van der Waals surface area (Å²) < 4.78 is 10.6. The van der Waals surface area contributed by atoms with Crippen LogP contribution in [0.1, 0.15) is 72.8 Å². The first-order valence-electron chi connectivity index (χ1n) is 12.9. The van der Waals surface area contributed by atoms with Crippen molar-refractivity contribution in [3.8, 4) is 0 Å². The van der Waals surface area contributed by atoms with Gasteiger partial charge in [0.1, 0.15) is 5.60 Å². The zero-order valence-corrected chi connectivity index (χ0v) is 22.9. The van der Waals surface area contributed by atoms with Gasteiger partial charge in [-0.1, -0.05) is 57.5 Å². The van der Waals surface area contributed by atoms with Crippen LogP contribution in [0.25, 0.3) is 0 Å². The summed E-state index contributed by atoms with van der Waals surface area (Å²) in [6, 6.07) is 8.52. The molecule has 0 aliphatic carbocycles. The summed E-state index contributed by atoms with van der Waals surface area (Å²) in [6.07, 6.45) is 2.45. The van der Waals surface area contributed by atoms with Gasteiger partial charge in [0.05, 0.1) is 37.7 Å². The maximum atomic E-state index is 13.3. The molecule has 1 aliphatic heterocycles. The highest BCUT2D eigenvalue weighted by atomic mass is 16.6. The van der Waals surface area contributed by atoms with Gasteiger partial charge in [0.2, 0.25) is 0 Å². The van der Waals surface area contributed by atoms with Crippen molar-refractivity contribution in [1.29, 1.82) is 0 Å². The second-order valence-corrected chi connectivity index (χ2v) is 11.2. The number of carbonyl (C=O) groups excluding carboxylic acids is 3. The molecule has 1 fully saturated rings. The summed E-state index contributed by atoms with van der Waals surface area (Å²) in [5, 5.41) is 12.3. The van der Waals surface area contributed by atoms with Gasteiger partial charge in [0, 0.05) is 6.04 Å². The third-order valence-electron chi connectivity index (χ3n) is 6.61. The van der Waals surface area contributed by atoms with Crippen molar-refractivity contribution < 1.29 is 29.0 Å². The first kappa shape index (κ1) is 29.6. The van der Waals surface area contributed by atoms with Crippen molar-refractivity contribution in [2.75, 3.05) is 13.8 Å². The van der Waals surface area contributed by atoms with Crippen LogP contribution in [0.15, 0.2) is 30.3 Å². The minimum absolute atomic E-state index is 0.135. The molecule has 0 bridgehead atoms.